The second kappa shape index (κ2) is 6.13. The summed E-state index contributed by atoms with van der Waals surface area (Å²) >= 11 is 0. The third-order valence-electron chi connectivity index (χ3n) is 3.00. The molecular formula is C15H12F4O2. The van der Waals surface area contributed by atoms with Crippen molar-refractivity contribution in [2.45, 2.75) is 19.6 Å². The van der Waals surface area contributed by atoms with Crippen LogP contribution in [0.5, 0.6) is 5.75 Å². The molecule has 2 rings (SSSR count). The molecule has 6 heteroatoms. The smallest absolute Gasteiger partial charge is 0.387 e. The molecule has 0 heterocycles. The van der Waals surface area contributed by atoms with Crippen molar-refractivity contribution in [3.05, 3.63) is 64.7 Å². The van der Waals surface area contributed by atoms with E-state index in [0.29, 0.717) is 6.07 Å². The van der Waals surface area contributed by atoms with E-state index in [1.165, 1.54) is 31.2 Å². The molecule has 112 valence electrons. The van der Waals surface area contributed by atoms with Gasteiger partial charge in [0.2, 0.25) is 0 Å². The van der Waals surface area contributed by atoms with Crippen molar-refractivity contribution in [1.82, 2.24) is 0 Å². The second-order valence-corrected chi connectivity index (χ2v) is 4.44. The fourth-order valence-corrected chi connectivity index (χ4v) is 1.97. The Bertz CT molecular complexity index is 644. The van der Waals surface area contributed by atoms with Crippen molar-refractivity contribution in [1.29, 1.82) is 0 Å². The van der Waals surface area contributed by atoms with Gasteiger partial charge in [-0.3, -0.25) is 0 Å². The van der Waals surface area contributed by atoms with Crippen LogP contribution in [0.4, 0.5) is 17.6 Å². The molecule has 1 atom stereocenters. The highest BCUT2D eigenvalue weighted by Crippen LogP contribution is 2.32. The maximum atomic E-state index is 13.8. The zero-order valence-corrected chi connectivity index (χ0v) is 11.0. The third-order valence-corrected chi connectivity index (χ3v) is 3.00. The van der Waals surface area contributed by atoms with Crippen LogP contribution in [0.25, 0.3) is 0 Å². The molecule has 0 saturated carbocycles. The van der Waals surface area contributed by atoms with E-state index in [4.69, 9.17) is 0 Å². The van der Waals surface area contributed by atoms with Gasteiger partial charge in [-0.15, -0.1) is 0 Å². The Balaban J connectivity index is 2.45. The minimum atomic E-state index is -3.07. The molecule has 1 N–H and O–H groups in total. The lowest BCUT2D eigenvalue weighted by atomic mass is 9.98. The van der Waals surface area contributed by atoms with Crippen LogP contribution < -0.4 is 4.74 Å². The molecule has 21 heavy (non-hydrogen) atoms. The summed E-state index contributed by atoms with van der Waals surface area (Å²) in [4.78, 5) is 0. The molecule has 0 aliphatic rings. The van der Waals surface area contributed by atoms with Crippen molar-refractivity contribution in [2.75, 3.05) is 0 Å². The standard InChI is InChI=1S/C15H12F4O2/c1-8-6-10(12(17)7-11(8)16)14(20)9-4-2-3-5-13(9)21-15(18)19/h2-7,14-15,20H,1H3. The molecule has 0 spiro atoms. The molecule has 0 aliphatic heterocycles. The number of aliphatic hydroxyl groups is 1. The SMILES string of the molecule is Cc1cc(C(O)c2ccccc2OC(F)F)c(F)cc1F. The third kappa shape index (κ3) is 3.33. The first kappa shape index (κ1) is 15.3. The van der Waals surface area contributed by atoms with Crippen LogP contribution in [0.15, 0.2) is 36.4 Å². The number of halogens is 4. The Morgan fingerprint density at radius 3 is 2.33 bits per heavy atom. The van der Waals surface area contributed by atoms with Crippen LogP contribution in [0.3, 0.4) is 0 Å². The van der Waals surface area contributed by atoms with Gasteiger partial charge in [0.25, 0.3) is 0 Å². The van der Waals surface area contributed by atoms with Gasteiger partial charge in [0, 0.05) is 17.2 Å². The van der Waals surface area contributed by atoms with Gasteiger partial charge >= 0.3 is 6.61 Å². The number of aryl methyl sites for hydroxylation is 1. The average Bonchev–Trinajstić information content (AvgIpc) is 2.42. The average molecular weight is 300 g/mol. The minimum absolute atomic E-state index is 0.0253. The maximum Gasteiger partial charge on any atom is 0.387 e. The van der Waals surface area contributed by atoms with Crippen molar-refractivity contribution in [3.63, 3.8) is 0 Å². The molecule has 0 saturated heterocycles. The van der Waals surface area contributed by atoms with Crippen molar-refractivity contribution >= 4 is 0 Å². The summed E-state index contributed by atoms with van der Waals surface area (Å²) in [6.45, 7) is -1.66. The van der Waals surface area contributed by atoms with Gasteiger partial charge in [-0.2, -0.15) is 8.78 Å². The topological polar surface area (TPSA) is 29.5 Å². The molecule has 2 aromatic rings. The number of benzene rings is 2. The summed E-state index contributed by atoms with van der Waals surface area (Å²) in [6.07, 6.45) is -1.54. The van der Waals surface area contributed by atoms with Crippen LogP contribution in [-0.4, -0.2) is 11.7 Å². The van der Waals surface area contributed by atoms with Gasteiger partial charge in [0.15, 0.2) is 0 Å². The molecule has 1 unspecified atom stereocenters. The van der Waals surface area contributed by atoms with Crippen LogP contribution in [-0.2, 0) is 0 Å². The van der Waals surface area contributed by atoms with E-state index in [1.54, 1.807) is 0 Å². The Labute approximate surface area is 118 Å². The van der Waals surface area contributed by atoms with Gasteiger partial charge in [-0.1, -0.05) is 18.2 Å². The summed E-state index contributed by atoms with van der Waals surface area (Å²) in [5.41, 5.74) is -0.0976. The molecule has 0 radical (unpaired) electrons. The van der Waals surface area contributed by atoms with Gasteiger partial charge in [0.05, 0.1) is 0 Å². The highest BCUT2D eigenvalue weighted by molar-refractivity contribution is 5.41. The number of aliphatic hydroxyl groups excluding tert-OH is 1. The Morgan fingerprint density at radius 1 is 1.00 bits per heavy atom. The first-order chi connectivity index (χ1) is 9.90. The zero-order chi connectivity index (χ0) is 15.6. The predicted molar refractivity (Wildman–Crippen MR) is 68.2 cm³/mol. The molecule has 2 aromatic carbocycles. The quantitative estimate of drug-likeness (QED) is 0.866. The summed E-state index contributed by atoms with van der Waals surface area (Å²) in [6, 6.07) is 7.28. The molecule has 0 aromatic heterocycles. The van der Waals surface area contributed by atoms with Crippen LogP contribution >= 0.6 is 0 Å². The van der Waals surface area contributed by atoms with E-state index >= 15 is 0 Å². The Morgan fingerprint density at radius 2 is 1.67 bits per heavy atom. The van der Waals surface area contributed by atoms with E-state index in [2.05, 4.69) is 4.74 Å². The first-order valence-electron chi connectivity index (χ1n) is 6.07. The first-order valence-corrected chi connectivity index (χ1v) is 6.07. The largest absolute Gasteiger partial charge is 0.434 e. The number of ether oxygens (including phenoxy) is 1. The lowest BCUT2D eigenvalue weighted by Gasteiger charge is -2.17. The highest BCUT2D eigenvalue weighted by Gasteiger charge is 2.21. The zero-order valence-electron chi connectivity index (χ0n) is 11.0. The van der Waals surface area contributed by atoms with Crippen LogP contribution in [0.1, 0.15) is 22.8 Å². The normalized spacial score (nSPS) is 12.5. The molecule has 0 bridgehead atoms. The predicted octanol–water partition coefficient (Wildman–Crippen LogP) is 3.96. The summed E-state index contributed by atoms with van der Waals surface area (Å²) < 4.78 is 56.0. The fraction of sp³-hybridized carbons (Fsp3) is 0.200. The molecule has 2 nitrogen and oxygen atoms in total. The molecule has 0 aliphatic carbocycles. The van der Waals surface area contributed by atoms with Gasteiger partial charge in [-0.25, -0.2) is 8.78 Å². The number of para-hydroxylation sites is 1. The summed E-state index contributed by atoms with van der Waals surface area (Å²) in [5.74, 6) is -1.97. The van der Waals surface area contributed by atoms with Crippen LogP contribution in [0.2, 0.25) is 0 Å². The Hall–Kier alpha value is -2.08. The summed E-state index contributed by atoms with van der Waals surface area (Å²) in [7, 11) is 0. The Kier molecular flexibility index (Phi) is 4.47. The van der Waals surface area contributed by atoms with Crippen molar-refractivity contribution in [2.24, 2.45) is 0 Å². The lowest BCUT2D eigenvalue weighted by molar-refractivity contribution is -0.0512. The van der Waals surface area contributed by atoms with Crippen LogP contribution in [0, 0.1) is 18.6 Å². The highest BCUT2D eigenvalue weighted by atomic mass is 19.3. The van der Waals surface area contributed by atoms with Gasteiger partial charge in [-0.05, 0) is 24.6 Å². The fourth-order valence-electron chi connectivity index (χ4n) is 1.97. The molecule has 0 amide bonds. The maximum absolute atomic E-state index is 13.8. The number of alkyl halides is 2. The number of hydrogen-bond acceptors (Lipinski definition) is 2. The number of rotatable bonds is 4. The van der Waals surface area contributed by atoms with E-state index in [1.807, 2.05) is 0 Å². The van der Waals surface area contributed by atoms with E-state index in [9.17, 15) is 22.7 Å². The van der Waals surface area contributed by atoms with Crippen molar-refractivity contribution in [3.8, 4) is 5.75 Å². The number of hydrogen-bond donors (Lipinski definition) is 1. The van der Waals surface area contributed by atoms with E-state index < -0.39 is 24.3 Å². The lowest BCUT2D eigenvalue weighted by Crippen LogP contribution is -2.09. The monoisotopic (exact) mass is 300 g/mol. The van der Waals surface area contributed by atoms with Crippen molar-refractivity contribution < 1.29 is 27.4 Å². The van der Waals surface area contributed by atoms with Gasteiger partial charge in [0.1, 0.15) is 23.5 Å². The van der Waals surface area contributed by atoms with E-state index in [-0.39, 0.29) is 22.4 Å². The summed E-state index contributed by atoms with van der Waals surface area (Å²) in [5, 5.41) is 10.2. The van der Waals surface area contributed by atoms with Gasteiger partial charge < -0.3 is 9.84 Å². The minimum Gasteiger partial charge on any atom is -0.434 e. The molecule has 0 fully saturated rings. The van der Waals surface area contributed by atoms with E-state index in [0.717, 1.165) is 6.07 Å². The second-order valence-electron chi connectivity index (χ2n) is 4.44. The molecular weight excluding hydrogens is 288 g/mol.